The Labute approximate surface area is 110 Å². The van der Waals surface area contributed by atoms with Gasteiger partial charge in [-0.05, 0) is 26.2 Å². The summed E-state index contributed by atoms with van der Waals surface area (Å²) in [5.74, 6) is -0.400. The minimum Gasteiger partial charge on any atom is -0.512 e. The summed E-state index contributed by atoms with van der Waals surface area (Å²) in [5.41, 5.74) is 0. The Morgan fingerprint density at radius 3 is 2.50 bits per heavy atom. The van der Waals surface area contributed by atoms with Crippen LogP contribution in [0.25, 0.3) is 0 Å². The van der Waals surface area contributed by atoms with Crippen LogP contribution in [0.3, 0.4) is 0 Å². The van der Waals surface area contributed by atoms with Crippen molar-refractivity contribution >= 4 is 5.97 Å². The quantitative estimate of drug-likeness (QED) is 0.273. The van der Waals surface area contributed by atoms with Gasteiger partial charge in [-0.15, -0.1) is 0 Å². The van der Waals surface area contributed by atoms with Crippen molar-refractivity contribution in [2.45, 2.75) is 64.9 Å². The molecule has 0 amide bonds. The lowest BCUT2D eigenvalue weighted by Crippen LogP contribution is -2.03. The first-order valence-electron chi connectivity index (χ1n) is 6.84. The van der Waals surface area contributed by atoms with E-state index in [0.717, 1.165) is 44.6 Å². The fraction of sp³-hybridized carbons (Fsp3) is 0.786. The van der Waals surface area contributed by atoms with Gasteiger partial charge in [0, 0.05) is 6.42 Å². The minimum absolute atomic E-state index is 0.0852. The molecule has 0 radical (unpaired) electrons. The predicted molar refractivity (Wildman–Crippen MR) is 71.3 cm³/mol. The molecule has 0 heterocycles. The second kappa shape index (κ2) is 11.1. The number of carbonyl (C=O) groups excluding carboxylic acids is 1. The predicted octanol–water partition coefficient (Wildman–Crippen LogP) is 3.10. The SMILES string of the molecule is CCOC(=O)C=C(O)CCCCCCC(O)CC. The van der Waals surface area contributed by atoms with E-state index in [1.165, 1.54) is 0 Å². The number of esters is 1. The monoisotopic (exact) mass is 258 g/mol. The zero-order valence-corrected chi connectivity index (χ0v) is 11.5. The first kappa shape index (κ1) is 17.0. The van der Waals surface area contributed by atoms with Crippen LogP contribution < -0.4 is 0 Å². The van der Waals surface area contributed by atoms with E-state index in [4.69, 9.17) is 4.74 Å². The van der Waals surface area contributed by atoms with Gasteiger partial charge < -0.3 is 14.9 Å². The highest BCUT2D eigenvalue weighted by molar-refractivity contribution is 5.82. The van der Waals surface area contributed by atoms with Crippen LogP contribution in [0, 0.1) is 0 Å². The number of unbranched alkanes of at least 4 members (excludes halogenated alkanes) is 3. The third kappa shape index (κ3) is 10.1. The number of hydrogen-bond acceptors (Lipinski definition) is 4. The van der Waals surface area contributed by atoms with Gasteiger partial charge in [-0.2, -0.15) is 0 Å². The third-order valence-corrected chi connectivity index (χ3v) is 2.76. The van der Waals surface area contributed by atoms with E-state index in [0.29, 0.717) is 13.0 Å². The molecule has 0 rings (SSSR count). The first-order chi connectivity index (χ1) is 8.60. The van der Waals surface area contributed by atoms with Crippen LogP contribution >= 0.6 is 0 Å². The molecule has 1 atom stereocenters. The minimum atomic E-state index is -0.485. The molecule has 106 valence electrons. The standard InChI is InChI=1S/C14H26O4/c1-3-12(15)9-7-5-6-8-10-13(16)11-14(17)18-4-2/h11-12,15-16H,3-10H2,1-2H3. The van der Waals surface area contributed by atoms with Crippen molar-refractivity contribution in [3.8, 4) is 0 Å². The van der Waals surface area contributed by atoms with E-state index in [9.17, 15) is 15.0 Å². The molecule has 2 N–H and O–H groups in total. The van der Waals surface area contributed by atoms with Crippen LogP contribution in [0.15, 0.2) is 11.8 Å². The molecule has 0 fully saturated rings. The zero-order valence-electron chi connectivity index (χ0n) is 11.5. The number of aliphatic hydroxyl groups excluding tert-OH is 2. The fourth-order valence-corrected chi connectivity index (χ4v) is 1.64. The highest BCUT2D eigenvalue weighted by Crippen LogP contribution is 2.11. The highest BCUT2D eigenvalue weighted by atomic mass is 16.5. The summed E-state index contributed by atoms with van der Waals surface area (Å²) < 4.78 is 4.69. The summed E-state index contributed by atoms with van der Waals surface area (Å²) in [7, 11) is 0. The number of carbonyl (C=O) groups is 1. The van der Waals surface area contributed by atoms with Crippen LogP contribution in [-0.4, -0.2) is 28.9 Å². The summed E-state index contributed by atoms with van der Waals surface area (Å²) in [6.07, 6.45) is 7.04. The van der Waals surface area contributed by atoms with E-state index in [1.54, 1.807) is 6.92 Å². The van der Waals surface area contributed by atoms with Crippen molar-refractivity contribution in [2.24, 2.45) is 0 Å². The molecule has 0 spiro atoms. The summed E-state index contributed by atoms with van der Waals surface area (Å²) in [6.45, 7) is 4.03. The average molecular weight is 258 g/mol. The van der Waals surface area contributed by atoms with Gasteiger partial charge >= 0.3 is 5.97 Å². The van der Waals surface area contributed by atoms with Gasteiger partial charge in [-0.3, -0.25) is 0 Å². The fourth-order valence-electron chi connectivity index (χ4n) is 1.64. The maximum atomic E-state index is 11.0. The molecule has 0 aliphatic heterocycles. The second-order valence-electron chi connectivity index (χ2n) is 4.40. The molecule has 1 unspecified atom stereocenters. The molecular formula is C14H26O4. The van der Waals surface area contributed by atoms with E-state index in [-0.39, 0.29) is 11.9 Å². The molecule has 0 aromatic rings. The highest BCUT2D eigenvalue weighted by Gasteiger charge is 2.02. The molecule has 0 saturated heterocycles. The molecule has 0 aliphatic carbocycles. The van der Waals surface area contributed by atoms with E-state index < -0.39 is 5.97 Å². The molecule has 0 bridgehead atoms. The van der Waals surface area contributed by atoms with Crippen molar-refractivity contribution < 1.29 is 19.7 Å². The Hall–Kier alpha value is -1.03. The number of hydrogen-bond donors (Lipinski definition) is 2. The van der Waals surface area contributed by atoms with E-state index in [1.807, 2.05) is 6.92 Å². The average Bonchev–Trinajstić information content (AvgIpc) is 2.33. The molecule has 0 aromatic heterocycles. The summed E-state index contributed by atoms with van der Waals surface area (Å²) in [5, 5.41) is 18.8. The number of ether oxygens (including phenoxy) is 1. The number of rotatable bonds is 10. The van der Waals surface area contributed by atoms with Crippen LogP contribution in [0.5, 0.6) is 0 Å². The third-order valence-electron chi connectivity index (χ3n) is 2.76. The Morgan fingerprint density at radius 1 is 1.22 bits per heavy atom. The first-order valence-corrected chi connectivity index (χ1v) is 6.84. The van der Waals surface area contributed by atoms with Gasteiger partial charge in [0.25, 0.3) is 0 Å². The van der Waals surface area contributed by atoms with Crippen molar-refractivity contribution in [3.05, 3.63) is 11.8 Å². The lowest BCUT2D eigenvalue weighted by atomic mass is 10.1. The van der Waals surface area contributed by atoms with Gasteiger partial charge in [0.05, 0.1) is 24.5 Å². The van der Waals surface area contributed by atoms with E-state index >= 15 is 0 Å². The van der Waals surface area contributed by atoms with Gasteiger partial charge in [-0.25, -0.2) is 4.79 Å². The van der Waals surface area contributed by atoms with Crippen molar-refractivity contribution in [1.29, 1.82) is 0 Å². The van der Waals surface area contributed by atoms with Crippen molar-refractivity contribution in [3.63, 3.8) is 0 Å². The molecule has 0 aromatic carbocycles. The Kier molecular flexibility index (Phi) is 10.4. The Balaban J connectivity index is 3.51. The van der Waals surface area contributed by atoms with Gasteiger partial charge in [0.1, 0.15) is 0 Å². The zero-order chi connectivity index (χ0) is 13.8. The lowest BCUT2D eigenvalue weighted by molar-refractivity contribution is -0.137. The van der Waals surface area contributed by atoms with Crippen LogP contribution in [0.4, 0.5) is 0 Å². The number of aliphatic hydroxyl groups is 2. The van der Waals surface area contributed by atoms with Gasteiger partial charge in [0.2, 0.25) is 0 Å². The lowest BCUT2D eigenvalue weighted by Gasteiger charge is -2.06. The normalized spacial score (nSPS) is 13.4. The van der Waals surface area contributed by atoms with E-state index in [2.05, 4.69) is 0 Å². The molecule has 0 aliphatic rings. The molecule has 4 nitrogen and oxygen atoms in total. The number of allylic oxidation sites excluding steroid dienone is 1. The maximum absolute atomic E-state index is 11.0. The topological polar surface area (TPSA) is 66.8 Å². The summed E-state index contributed by atoms with van der Waals surface area (Å²) in [6, 6.07) is 0. The second-order valence-corrected chi connectivity index (χ2v) is 4.40. The van der Waals surface area contributed by atoms with Crippen molar-refractivity contribution in [2.75, 3.05) is 6.61 Å². The molecule has 18 heavy (non-hydrogen) atoms. The molecule has 0 saturated carbocycles. The van der Waals surface area contributed by atoms with Crippen molar-refractivity contribution in [1.82, 2.24) is 0 Å². The summed E-state index contributed by atoms with van der Waals surface area (Å²) in [4.78, 5) is 11.0. The van der Waals surface area contributed by atoms with Gasteiger partial charge in [-0.1, -0.05) is 26.2 Å². The summed E-state index contributed by atoms with van der Waals surface area (Å²) >= 11 is 0. The largest absolute Gasteiger partial charge is 0.512 e. The van der Waals surface area contributed by atoms with Gasteiger partial charge in [0.15, 0.2) is 0 Å². The smallest absolute Gasteiger partial charge is 0.334 e. The molecular weight excluding hydrogens is 232 g/mol. The van der Waals surface area contributed by atoms with Crippen LogP contribution in [-0.2, 0) is 9.53 Å². The van der Waals surface area contributed by atoms with Crippen LogP contribution in [0.1, 0.15) is 58.8 Å². The maximum Gasteiger partial charge on any atom is 0.334 e. The molecule has 4 heteroatoms. The Bertz CT molecular complexity index is 248. The van der Waals surface area contributed by atoms with Crippen LogP contribution in [0.2, 0.25) is 0 Å². The Morgan fingerprint density at radius 2 is 1.89 bits per heavy atom.